The fraction of sp³-hybridized carbons (Fsp3) is 0.579. The van der Waals surface area contributed by atoms with Crippen molar-refractivity contribution in [2.45, 2.75) is 58.9 Å². The Kier molecular flexibility index (Phi) is 7.28. The number of ether oxygens (including phenoxy) is 2. The molecule has 0 amide bonds. The van der Waals surface area contributed by atoms with Crippen LogP contribution in [0.5, 0.6) is 5.75 Å². The van der Waals surface area contributed by atoms with Crippen molar-refractivity contribution in [1.82, 2.24) is 0 Å². The predicted molar refractivity (Wildman–Crippen MR) is 90.0 cm³/mol. The fourth-order valence-electron chi connectivity index (χ4n) is 2.28. The molecule has 0 radical (unpaired) electrons. The maximum absolute atomic E-state index is 13.0. The van der Waals surface area contributed by atoms with E-state index in [9.17, 15) is 27.9 Å². The molecular formula is C19H24F3O5-. The summed E-state index contributed by atoms with van der Waals surface area (Å²) in [5.74, 6) is -6.69. The van der Waals surface area contributed by atoms with Crippen LogP contribution in [0.3, 0.4) is 0 Å². The Morgan fingerprint density at radius 2 is 1.63 bits per heavy atom. The number of alkyl halides is 3. The highest BCUT2D eigenvalue weighted by atomic mass is 19.4. The van der Waals surface area contributed by atoms with Crippen LogP contribution in [-0.2, 0) is 9.53 Å². The Morgan fingerprint density at radius 1 is 1.11 bits per heavy atom. The largest absolute Gasteiger partial charge is 0.549 e. The van der Waals surface area contributed by atoms with Gasteiger partial charge in [0.05, 0.1) is 11.5 Å². The van der Waals surface area contributed by atoms with Crippen molar-refractivity contribution in [3.05, 3.63) is 29.8 Å². The Balaban J connectivity index is 2.98. The average molecular weight is 389 g/mol. The monoisotopic (exact) mass is 389 g/mol. The maximum Gasteiger partial charge on any atom is 0.400 e. The molecule has 1 aromatic carbocycles. The maximum atomic E-state index is 13.0. The first-order valence-corrected chi connectivity index (χ1v) is 8.56. The van der Waals surface area contributed by atoms with Crippen LogP contribution >= 0.6 is 0 Å². The molecular weight excluding hydrogens is 365 g/mol. The van der Waals surface area contributed by atoms with Gasteiger partial charge in [-0.25, -0.2) is 4.79 Å². The van der Waals surface area contributed by atoms with E-state index in [1.54, 1.807) is 0 Å². The average Bonchev–Trinajstić information content (AvgIpc) is 2.52. The van der Waals surface area contributed by atoms with E-state index in [2.05, 4.69) is 0 Å². The smallest absolute Gasteiger partial charge is 0.400 e. The van der Waals surface area contributed by atoms with Crippen LogP contribution in [0.4, 0.5) is 13.2 Å². The zero-order valence-electron chi connectivity index (χ0n) is 15.9. The molecule has 0 spiro atoms. The molecule has 152 valence electrons. The van der Waals surface area contributed by atoms with Gasteiger partial charge in [-0.05, 0) is 50.5 Å². The van der Waals surface area contributed by atoms with Crippen LogP contribution in [0.25, 0.3) is 0 Å². The molecule has 2 unspecified atom stereocenters. The number of rotatable bonds is 8. The lowest BCUT2D eigenvalue weighted by atomic mass is 9.92. The number of hydrogen-bond donors (Lipinski definition) is 0. The van der Waals surface area contributed by atoms with E-state index in [4.69, 9.17) is 9.47 Å². The highest BCUT2D eigenvalue weighted by Gasteiger charge is 2.48. The molecule has 0 aliphatic heterocycles. The highest BCUT2D eigenvalue weighted by molar-refractivity contribution is 5.90. The Bertz CT molecular complexity index is 650. The fourth-order valence-corrected chi connectivity index (χ4v) is 2.28. The molecule has 0 N–H and O–H groups in total. The summed E-state index contributed by atoms with van der Waals surface area (Å²) in [4.78, 5) is 23.2. The summed E-state index contributed by atoms with van der Waals surface area (Å²) in [5, 5.41) is 11.0. The second-order valence-electron chi connectivity index (χ2n) is 7.19. The molecule has 8 heteroatoms. The number of halogens is 3. The summed E-state index contributed by atoms with van der Waals surface area (Å²) in [7, 11) is 0. The van der Waals surface area contributed by atoms with Gasteiger partial charge in [0.2, 0.25) is 0 Å². The van der Waals surface area contributed by atoms with E-state index in [1.165, 1.54) is 38.1 Å². The number of carboxylic acid groups (broad SMARTS) is 1. The van der Waals surface area contributed by atoms with Gasteiger partial charge in [0.25, 0.3) is 0 Å². The molecule has 5 nitrogen and oxygen atoms in total. The van der Waals surface area contributed by atoms with E-state index < -0.39 is 41.7 Å². The van der Waals surface area contributed by atoms with Crippen molar-refractivity contribution in [1.29, 1.82) is 0 Å². The summed E-state index contributed by atoms with van der Waals surface area (Å²) < 4.78 is 49.8. The zero-order chi connectivity index (χ0) is 21.0. The minimum Gasteiger partial charge on any atom is -0.549 e. The SMILES string of the molecule is CCC(C)(C)Oc1ccc(C(=O)OC(C(C)C)C(C(=O)[O-])C(F)(F)F)cc1. The number of carboxylic acids is 1. The van der Waals surface area contributed by atoms with Crippen LogP contribution in [0, 0.1) is 11.8 Å². The first-order chi connectivity index (χ1) is 12.3. The van der Waals surface area contributed by atoms with Gasteiger partial charge in [-0.2, -0.15) is 13.2 Å². The Hall–Kier alpha value is -2.25. The van der Waals surface area contributed by atoms with E-state index in [0.29, 0.717) is 5.75 Å². The van der Waals surface area contributed by atoms with Crippen molar-refractivity contribution >= 4 is 11.9 Å². The summed E-state index contributed by atoms with van der Waals surface area (Å²) in [6, 6.07) is 5.70. The molecule has 0 fully saturated rings. The first kappa shape index (κ1) is 22.8. The third-order valence-electron chi connectivity index (χ3n) is 4.17. The predicted octanol–water partition coefficient (Wildman–Crippen LogP) is 3.36. The lowest BCUT2D eigenvalue weighted by Gasteiger charge is -2.32. The van der Waals surface area contributed by atoms with E-state index in [0.717, 1.165) is 6.42 Å². The van der Waals surface area contributed by atoms with E-state index in [1.807, 2.05) is 20.8 Å². The minimum atomic E-state index is -5.10. The number of aliphatic carboxylic acids is 1. The Morgan fingerprint density at radius 3 is 2.00 bits per heavy atom. The molecule has 0 saturated heterocycles. The van der Waals surface area contributed by atoms with E-state index in [-0.39, 0.29) is 5.56 Å². The molecule has 27 heavy (non-hydrogen) atoms. The summed E-state index contributed by atoms with van der Waals surface area (Å²) >= 11 is 0. The second-order valence-corrected chi connectivity index (χ2v) is 7.19. The molecule has 0 aromatic heterocycles. The summed E-state index contributed by atoms with van der Waals surface area (Å²) in [5.41, 5.74) is -0.430. The third kappa shape index (κ3) is 6.45. The van der Waals surface area contributed by atoms with Gasteiger partial charge < -0.3 is 19.4 Å². The molecule has 2 atom stereocenters. The van der Waals surface area contributed by atoms with Crippen LogP contribution in [0.2, 0.25) is 0 Å². The normalized spacial score (nSPS) is 14.6. The van der Waals surface area contributed by atoms with Gasteiger partial charge in [0.1, 0.15) is 23.4 Å². The summed E-state index contributed by atoms with van der Waals surface area (Å²) in [6.45, 7) is 8.40. The standard InChI is InChI=1S/C19H25F3O5/c1-6-18(4,5)27-13-9-7-12(8-10-13)17(25)26-15(11(2)3)14(16(23)24)19(20,21)22/h7-11,14-15H,6H2,1-5H3,(H,23,24)/p-1. The first-order valence-electron chi connectivity index (χ1n) is 8.56. The van der Waals surface area contributed by atoms with Gasteiger partial charge in [-0.1, -0.05) is 20.8 Å². The van der Waals surface area contributed by atoms with Crippen LogP contribution in [-0.4, -0.2) is 29.8 Å². The third-order valence-corrected chi connectivity index (χ3v) is 4.17. The topological polar surface area (TPSA) is 75.7 Å². The molecule has 1 rings (SSSR count). The van der Waals surface area contributed by atoms with Crippen molar-refractivity contribution in [3.63, 3.8) is 0 Å². The van der Waals surface area contributed by atoms with Crippen LogP contribution in [0.15, 0.2) is 24.3 Å². The van der Waals surface area contributed by atoms with Crippen molar-refractivity contribution in [3.8, 4) is 5.75 Å². The molecule has 0 aliphatic carbocycles. The Labute approximate surface area is 156 Å². The molecule has 1 aromatic rings. The van der Waals surface area contributed by atoms with Gasteiger partial charge in [-0.15, -0.1) is 0 Å². The van der Waals surface area contributed by atoms with Crippen molar-refractivity contribution in [2.24, 2.45) is 11.8 Å². The molecule has 0 heterocycles. The van der Waals surface area contributed by atoms with Gasteiger partial charge in [0.15, 0.2) is 0 Å². The van der Waals surface area contributed by atoms with Gasteiger partial charge >= 0.3 is 12.1 Å². The lowest BCUT2D eigenvalue weighted by Crippen LogP contribution is -2.50. The molecule has 0 aliphatic rings. The number of hydrogen-bond acceptors (Lipinski definition) is 5. The quantitative estimate of drug-likeness (QED) is 0.638. The summed E-state index contributed by atoms with van der Waals surface area (Å²) in [6.07, 6.45) is -6.26. The van der Waals surface area contributed by atoms with Crippen LogP contribution < -0.4 is 9.84 Å². The second kappa shape index (κ2) is 8.63. The number of esters is 1. The lowest BCUT2D eigenvalue weighted by molar-refractivity contribution is -0.332. The highest BCUT2D eigenvalue weighted by Crippen LogP contribution is 2.33. The number of benzene rings is 1. The van der Waals surface area contributed by atoms with Crippen molar-refractivity contribution in [2.75, 3.05) is 0 Å². The van der Waals surface area contributed by atoms with Gasteiger partial charge in [-0.3, -0.25) is 0 Å². The zero-order valence-corrected chi connectivity index (χ0v) is 15.9. The van der Waals surface area contributed by atoms with Crippen LogP contribution in [0.1, 0.15) is 51.4 Å². The van der Waals surface area contributed by atoms with Gasteiger partial charge in [0, 0.05) is 0 Å². The molecule has 0 saturated carbocycles. The molecule has 0 bridgehead atoms. The number of carbonyl (C=O) groups is 2. The van der Waals surface area contributed by atoms with Crippen molar-refractivity contribution < 1.29 is 37.3 Å². The number of carbonyl (C=O) groups excluding carboxylic acids is 2. The van der Waals surface area contributed by atoms with E-state index >= 15 is 0 Å². The minimum absolute atomic E-state index is 0.0124.